The van der Waals surface area contributed by atoms with E-state index in [2.05, 4.69) is 0 Å². The van der Waals surface area contributed by atoms with Crippen molar-refractivity contribution in [2.24, 2.45) is 0 Å². The maximum Gasteiger partial charge on any atom is 0.247 e. The molecule has 0 atom stereocenters. The quantitative estimate of drug-likeness (QED) is 0.727. The number of nitrogens with zero attached hydrogens (tertiary/aromatic N) is 1. The molecule has 1 fully saturated rings. The number of rotatable bonds is 5. The molecule has 0 unspecified atom stereocenters. The van der Waals surface area contributed by atoms with E-state index in [1.165, 1.54) is 24.3 Å². The van der Waals surface area contributed by atoms with Crippen molar-refractivity contribution in [3.63, 3.8) is 0 Å². The predicted molar refractivity (Wildman–Crippen MR) is 105 cm³/mol. The minimum absolute atomic E-state index is 0.246. The molecular weight excluding hydrogens is 366 g/mol. The van der Waals surface area contributed by atoms with Gasteiger partial charge < -0.3 is 19.1 Å². The van der Waals surface area contributed by atoms with Crippen LogP contribution in [0.2, 0.25) is 5.02 Å². The summed E-state index contributed by atoms with van der Waals surface area (Å²) in [4.78, 5) is 14.6. The lowest BCUT2D eigenvalue weighted by molar-refractivity contribution is -0.129. The van der Waals surface area contributed by atoms with Crippen molar-refractivity contribution >= 4 is 23.1 Å². The Morgan fingerprint density at radius 1 is 1.07 bits per heavy atom. The predicted octanol–water partition coefficient (Wildman–Crippen LogP) is 3.65. The molecule has 27 heavy (non-hydrogen) atoms. The third kappa shape index (κ3) is 4.62. The highest BCUT2D eigenvalue weighted by atomic mass is 35.5. The molecule has 0 saturated carbocycles. The first-order chi connectivity index (χ1) is 15.4. The molecular formula is C21H22ClNO4. The molecule has 0 aliphatic carbocycles. The average molecular weight is 394 g/mol. The third-order valence-electron chi connectivity index (χ3n) is 4.22. The third-order valence-corrected chi connectivity index (χ3v) is 4.47. The summed E-state index contributed by atoms with van der Waals surface area (Å²) < 4.78 is 59.5. The van der Waals surface area contributed by atoms with Gasteiger partial charge in [-0.3, -0.25) is 4.79 Å². The smallest absolute Gasteiger partial charge is 0.247 e. The van der Waals surface area contributed by atoms with Gasteiger partial charge in [0.05, 0.1) is 35.5 Å². The highest BCUT2D eigenvalue weighted by molar-refractivity contribution is 6.30. The zero-order valence-electron chi connectivity index (χ0n) is 20.4. The van der Waals surface area contributed by atoms with Crippen LogP contribution in [0.1, 0.15) is 19.4 Å². The van der Waals surface area contributed by atoms with Crippen LogP contribution < -0.4 is 9.47 Å². The van der Waals surface area contributed by atoms with Crippen LogP contribution >= 0.6 is 11.6 Å². The van der Waals surface area contributed by atoms with Crippen LogP contribution in [0.5, 0.6) is 11.5 Å². The molecule has 142 valence electrons. The number of methoxy groups -OCH3 is 2. The van der Waals surface area contributed by atoms with Crippen LogP contribution in [0.3, 0.4) is 0 Å². The van der Waals surface area contributed by atoms with Gasteiger partial charge in [0, 0.05) is 24.2 Å². The molecule has 1 aliphatic heterocycles. The van der Waals surface area contributed by atoms with Crippen molar-refractivity contribution in [1.29, 1.82) is 0 Å². The number of ether oxygens (including phenoxy) is 3. The van der Waals surface area contributed by atoms with Crippen molar-refractivity contribution in [2.45, 2.75) is 0 Å². The molecule has 6 heteroatoms. The van der Waals surface area contributed by atoms with E-state index in [9.17, 15) is 4.79 Å². The fourth-order valence-electron chi connectivity index (χ4n) is 2.80. The second kappa shape index (κ2) is 8.93. The number of morpholine rings is 1. The molecule has 2 aromatic carbocycles. The summed E-state index contributed by atoms with van der Waals surface area (Å²) in [5, 5.41) is 0.505. The molecule has 1 heterocycles. The molecule has 2 aromatic rings. The van der Waals surface area contributed by atoms with Crippen LogP contribution in [0.15, 0.2) is 48.5 Å². The number of hydrogen-bond acceptors (Lipinski definition) is 4. The van der Waals surface area contributed by atoms with Gasteiger partial charge in [0.15, 0.2) is 11.5 Å². The average Bonchev–Trinajstić information content (AvgIpc) is 2.72. The van der Waals surface area contributed by atoms with E-state index in [1.54, 1.807) is 29.2 Å². The Morgan fingerprint density at radius 3 is 2.44 bits per heavy atom. The second-order valence-electron chi connectivity index (χ2n) is 5.87. The molecule has 1 amide bonds. The van der Waals surface area contributed by atoms with E-state index >= 15 is 0 Å². The maximum absolute atomic E-state index is 12.9. The lowest BCUT2D eigenvalue weighted by Crippen LogP contribution is -2.39. The summed E-state index contributed by atoms with van der Waals surface area (Å²) in [5.41, 5.74) is 1.54. The first-order valence-corrected chi connectivity index (χ1v) is 8.66. The van der Waals surface area contributed by atoms with Gasteiger partial charge in [0.25, 0.3) is 0 Å². The van der Waals surface area contributed by atoms with Gasteiger partial charge in [-0.25, -0.2) is 0 Å². The fourth-order valence-corrected chi connectivity index (χ4v) is 2.93. The van der Waals surface area contributed by atoms with E-state index in [-0.39, 0.29) is 17.4 Å². The lowest BCUT2D eigenvalue weighted by atomic mass is 9.96. The van der Waals surface area contributed by atoms with Gasteiger partial charge in [-0.05, 0) is 41.0 Å². The van der Waals surface area contributed by atoms with Gasteiger partial charge in [-0.2, -0.15) is 0 Å². The normalized spacial score (nSPS) is 19.0. The Labute approximate surface area is 172 Å². The Morgan fingerprint density at radius 2 is 1.74 bits per heavy atom. The monoisotopic (exact) mass is 393 g/mol. The Balaban J connectivity index is 2.08. The SMILES string of the molecule is [2H]C([2H])([2H])Oc1ccc(/C(=C/C(=O)N2CCOCC2)c2ccc(Cl)cc2)cc1OC([2H])([2H])[2H]. The van der Waals surface area contributed by atoms with Crippen molar-refractivity contribution < 1.29 is 27.2 Å². The zero-order chi connectivity index (χ0) is 24.2. The molecule has 0 N–H and O–H groups in total. The largest absolute Gasteiger partial charge is 0.493 e. The van der Waals surface area contributed by atoms with E-state index in [0.717, 1.165) is 0 Å². The molecule has 3 rings (SSSR count). The summed E-state index contributed by atoms with van der Waals surface area (Å²) in [6.07, 6.45) is 1.44. The molecule has 1 aliphatic rings. The summed E-state index contributed by atoms with van der Waals surface area (Å²) in [6, 6.07) is 10.9. The molecule has 1 saturated heterocycles. The van der Waals surface area contributed by atoms with Gasteiger partial charge in [0.1, 0.15) is 0 Å². The topological polar surface area (TPSA) is 48.0 Å². The first-order valence-electron chi connectivity index (χ1n) is 11.3. The minimum atomic E-state index is -2.85. The summed E-state index contributed by atoms with van der Waals surface area (Å²) in [5.74, 6) is -0.795. The summed E-state index contributed by atoms with van der Waals surface area (Å²) in [6.45, 7) is 1.77. The Hall–Kier alpha value is -2.50. The second-order valence-corrected chi connectivity index (χ2v) is 6.30. The first kappa shape index (κ1) is 12.8. The van der Waals surface area contributed by atoms with Gasteiger partial charge in [0.2, 0.25) is 5.91 Å². The van der Waals surface area contributed by atoms with Crippen molar-refractivity contribution in [3.05, 3.63) is 64.7 Å². The fraction of sp³-hybridized carbons (Fsp3) is 0.286. The Bertz CT molecular complexity index is 1010. The number of carbonyl (C=O) groups is 1. The summed E-state index contributed by atoms with van der Waals surface area (Å²) in [7, 11) is -5.66. The number of amides is 1. The van der Waals surface area contributed by atoms with Crippen LogP contribution in [0, 0.1) is 0 Å². The van der Waals surface area contributed by atoms with E-state index in [4.69, 9.17) is 34.0 Å². The Kier molecular flexibility index (Phi) is 4.24. The van der Waals surface area contributed by atoms with Crippen LogP contribution in [0.25, 0.3) is 5.57 Å². The van der Waals surface area contributed by atoms with Gasteiger partial charge in [-0.1, -0.05) is 29.8 Å². The van der Waals surface area contributed by atoms with Crippen molar-refractivity contribution in [2.75, 3.05) is 40.4 Å². The minimum Gasteiger partial charge on any atom is -0.493 e. The molecule has 0 aromatic heterocycles. The number of halogens is 1. The standard InChI is InChI=1S/C21H22ClNO4/c1-25-19-8-5-16(13-20(19)26-2)18(15-3-6-17(22)7-4-15)14-21(24)23-9-11-27-12-10-23/h3-8,13-14H,9-12H2,1-2H3/b18-14+/i1D3,2D3. The van der Waals surface area contributed by atoms with Crippen molar-refractivity contribution in [1.82, 2.24) is 4.90 Å². The van der Waals surface area contributed by atoms with Crippen molar-refractivity contribution in [3.8, 4) is 11.5 Å². The highest BCUT2D eigenvalue weighted by Gasteiger charge is 2.17. The van der Waals surface area contributed by atoms with Gasteiger partial charge >= 0.3 is 0 Å². The lowest BCUT2D eigenvalue weighted by Gasteiger charge is -2.26. The number of carbonyl (C=O) groups excluding carboxylic acids is 1. The van der Waals surface area contributed by atoms with Gasteiger partial charge in [-0.15, -0.1) is 0 Å². The number of benzene rings is 2. The number of hydrogen-bond donors (Lipinski definition) is 0. The summed E-state index contributed by atoms with van der Waals surface area (Å²) >= 11 is 6.01. The van der Waals surface area contributed by atoms with Crippen LogP contribution in [-0.4, -0.2) is 51.2 Å². The van der Waals surface area contributed by atoms with Crippen LogP contribution in [-0.2, 0) is 9.53 Å². The van der Waals surface area contributed by atoms with E-state index < -0.39 is 14.1 Å². The highest BCUT2D eigenvalue weighted by Crippen LogP contribution is 2.33. The maximum atomic E-state index is 12.9. The molecule has 0 radical (unpaired) electrons. The molecule has 0 spiro atoms. The van der Waals surface area contributed by atoms with Crippen LogP contribution in [0.4, 0.5) is 0 Å². The molecule has 5 nitrogen and oxygen atoms in total. The van der Waals surface area contributed by atoms with E-state index in [0.29, 0.717) is 48.0 Å². The molecule has 0 bridgehead atoms. The van der Waals surface area contributed by atoms with E-state index in [1.807, 2.05) is 0 Å². The zero-order valence-corrected chi connectivity index (χ0v) is 15.2.